The summed E-state index contributed by atoms with van der Waals surface area (Å²) in [5, 5.41) is 0. The maximum absolute atomic E-state index is 5.67. The lowest BCUT2D eigenvalue weighted by atomic mass is 9.94. The summed E-state index contributed by atoms with van der Waals surface area (Å²) in [5.74, 6) is 0. The largest absolute Gasteiger partial charge is 0.379 e. The number of hydrogen-bond donors (Lipinski definition) is 0. The molecule has 0 N–H and O–H groups in total. The minimum absolute atomic E-state index is 0.450. The van der Waals surface area contributed by atoms with Crippen molar-refractivity contribution in [3.05, 3.63) is 12.2 Å². The summed E-state index contributed by atoms with van der Waals surface area (Å²) in [6.45, 7) is 8.24. The Bertz CT molecular complexity index is 144. The predicted octanol–water partition coefficient (Wildman–Crippen LogP) is 2.54. The van der Waals surface area contributed by atoms with Crippen LogP contribution in [0.15, 0.2) is 12.2 Å². The zero-order valence-corrected chi connectivity index (χ0v) is 8.55. The molecular formula is C11H20O2. The van der Waals surface area contributed by atoms with E-state index in [1.54, 1.807) is 0 Å². The van der Waals surface area contributed by atoms with Gasteiger partial charge in [0.05, 0.1) is 19.3 Å². The molecule has 1 rings (SSSR count). The van der Waals surface area contributed by atoms with Crippen LogP contribution in [0.3, 0.4) is 0 Å². The fourth-order valence-corrected chi connectivity index (χ4v) is 1.58. The molecule has 1 aliphatic carbocycles. The van der Waals surface area contributed by atoms with Gasteiger partial charge in [0.2, 0.25) is 0 Å². The number of ether oxygens (including phenoxy) is 2. The molecule has 0 saturated heterocycles. The van der Waals surface area contributed by atoms with E-state index in [0.29, 0.717) is 6.10 Å². The molecule has 0 atom stereocenters. The molecule has 0 bridgehead atoms. The van der Waals surface area contributed by atoms with E-state index < -0.39 is 0 Å². The van der Waals surface area contributed by atoms with E-state index in [2.05, 4.69) is 6.58 Å². The summed E-state index contributed by atoms with van der Waals surface area (Å²) in [7, 11) is 0. The van der Waals surface area contributed by atoms with Crippen LogP contribution in [0.2, 0.25) is 0 Å². The highest BCUT2D eigenvalue weighted by atomic mass is 16.5. The molecule has 0 unspecified atom stereocenters. The van der Waals surface area contributed by atoms with Crippen LogP contribution in [0.5, 0.6) is 0 Å². The number of rotatable bonds is 5. The third kappa shape index (κ3) is 4.44. The van der Waals surface area contributed by atoms with Gasteiger partial charge in [-0.05, 0) is 32.6 Å². The number of hydrogen-bond acceptors (Lipinski definition) is 2. The van der Waals surface area contributed by atoms with Crippen LogP contribution in [0.25, 0.3) is 0 Å². The van der Waals surface area contributed by atoms with Crippen LogP contribution >= 0.6 is 0 Å². The Morgan fingerprint density at radius 1 is 1.31 bits per heavy atom. The molecule has 76 valence electrons. The lowest BCUT2D eigenvalue weighted by molar-refractivity contribution is -0.00336. The Morgan fingerprint density at radius 2 is 2.00 bits per heavy atom. The van der Waals surface area contributed by atoms with Crippen molar-refractivity contribution in [3.63, 3.8) is 0 Å². The molecule has 0 aliphatic heterocycles. The zero-order valence-electron chi connectivity index (χ0n) is 8.55. The van der Waals surface area contributed by atoms with Gasteiger partial charge < -0.3 is 9.47 Å². The standard InChI is InChI=1S/C11H20O2/c1-3-12-8-9-13-11-6-4-10(2)5-7-11/h11H,2-9H2,1H3. The molecule has 0 aromatic heterocycles. The van der Waals surface area contributed by atoms with Crippen molar-refractivity contribution in [1.29, 1.82) is 0 Å². The zero-order chi connectivity index (χ0) is 9.52. The van der Waals surface area contributed by atoms with Gasteiger partial charge in [0.1, 0.15) is 0 Å². The van der Waals surface area contributed by atoms with E-state index in [0.717, 1.165) is 45.5 Å². The van der Waals surface area contributed by atoms with E-state index >= 15 is 0 Å². The van der Waals surface area contributed by atoms with Crippen LogP contribution in [0.4, 0.5) is 0 Å². The summed E-state index contributed by atoms with van der Waals surface area (Å²) in [6.07, 6.45) is 5.01. The highest BCUT2D eigenvalue weighted by Gasteiger charge is 2.15. The normalized spacial score (nSPS) is 19.3. The van der Waals surface area contributed by atoms with Gasteiger partial charge in [-0.1, -0.05) is 12.2 Å². The van der Waals surface area contributed by atoms with Gasteiger partial charge in [0.25, 0.3) is 0 Å². The van der Waals surface area contributed by atoms with Gasteiger partial charge in [-0.2, -0.15) is 0 Å². The van der Waals surface area contributed by atoms with Gasteiger partial charge in [-0.3, -0.25) is 0 Å². The minimum Gasteiger partial charge on any atom is -0.379 e. The first-order valence-electron chi connectivity index (χ1n) is 5.19. The third-order valence-corrected chi connectivity index (χ3v) is 2.43. The molecule has 0 amide bonds. The van der Waals surface area contributed by atoms with Gasteiger partial charge in [-0.25, -0.2) is 0 Å². The fraction of sp³-hybridized carbons (Fsp3) is 0.818. The Balaban J connectivity index is 1.99. The second kappa shape index (κ2) is 6.17. The molecular weight excluding hydrogens is 164 g/mol. The second-order valence-electron chi connectivity index (χ2n) is 3.52. The van der Waals surface area contributed by atoms with Crippen LogP contribution in [0.1, 0.15) is 32.6 Å². The minimum atomic E-state index is 0.450. The van der Waals surface area contributed by atoms with Crippen molar-refractivity contribution in [1.82, 2.24) is 0 Å². The smallest absolute Gasteiger partial charge is 0.0704 e. The number of allylic oxidation sites excluding steroid dienone is 1. The van der Waals surface area contributed by atoms with E-state index in [9.17, 15) is 0 Å². The van der Waals surface area contributed by atoms with Crippen molar-refractivity contribution >= 4 is 0 Å². The van der Waals surface area contributed by atoms with Crippen LogP contribution < -0.4 is 0 Å². The fourth-order valence-electron chi connectivity index (χ4n) is 1.58. The van der Waals surface area contributed by atoms with Crippen LogP contribution in [-0.4, -0.2) is 25.9 Å². The third-order valence-electron chi connectivity index (χ3n) is 2.43. The second-order valence-corrected chi connectivity index (χ2v) is 3.52. The highest BCUT2D eigenvalue weighted by Crippen LogP contribution is 2.23. The van der Waals surface area contributed by atoms with Gasteiger partial charge in [0, 0.05) is 6.61 Å². The van der Waals surface area contributed by atoms with Crippen molar-refractivity contribution in [2.45, 2.75) is 38.7 Å². The molecule has 1 aliphatic rings. The van der Waals surface area contributed by atoms with Gasteiger partial charge in [0.15, 0.2) is 0 Å². The monoisotopic (exact) mass is 184 g/mol. The molecule has 0 heterocycles. The van der Waals surface area contributed by atoms with E-state index in [4.69, 9.17) is 9.47 Å². The van der Waals surface area contributed by atoms with Crippen molar-refractivity contribution < 1.29 is 9.47 Å². The lowest BCUT2D eigenvalue weighted by Crippen LogP contribution is -2.19. The Kier molecular flexibility index (Phi) is 5.09. The maximum atomic E-state index is 5.67. The van der Waals surface area contributed by atoms with E-state index in [-0.39, 0.29) is 0 Å². The van der Waals surface area contributed by atoms with Crippen LogP contribution in [0, 0.1) is 0 Å². The van der Waals surface area contributed by atoms with Crippen molar-refractivity contribution in [2.24, 2.45) is 0 Å². The molecule has 0 radical (unpaired) electrons. The maximum Gasteiger partial charge on any atom is 0.0704 e. The first kappa shape index (κ1) is 10.7. The quantitative estimate of drug-likeness (QED) is 0.483. The van der Waals surface area contributed by atoms with Crippen molar-refractivity contribution in [3.8, 4) is 0 Å². The Morgan fingerprint density at radius 3 is 2.62 bits per heavy atom. The first-order valence-corrected chi connectivity index (χ1v) is 5.19. The van der Waals surface area contributed by atoms with E-state index in [1.807, 2.05) is 6.92 Å². The van der Waals surface area contributed by atoms with Gasteiger partial charge >= 0.3 is 0 Å². The summed E-state index contributed by atoms with van der Waals surface area (Å²) in [4.78, 5) is 0. The Labute approximate surface area is 80.9 Å². The summed E-state index contributed by atoms with van der Waals surface area (Å²) in [6, 6.07) is 0. The van der Waals surface area contributed by atoms with Crippen molar-refractivity contribution in [2.75, 3.05) is 19.8 Å². The molecule has 1 saturated carbocycles. The van der Waals surface area contributed by atoms with E-state index in [1.165, 1.54) is 5.57 Å². The predicted molar refractivity (Wildman–Crippen MR) is 53.8 cm³/mol. The SMILES string of the molecule is C=C1CCC(OCCOCC)CC1. The summed E-state index contributed by atoms with van der Waals surface area (Å²) < 4.78 is 10.9. The summed E-state index contributed by atoms with van der Waals surface area (Å²) in [5.41, 5.74) is 1.38. The average molecular weight is 184 g/mol. The highest BCUT2D eigenvalue weighted by molar-refractivity contribution is 4.98. The molecule has 0 spiro atoms. The Hall–Kier alpha value is -0.340. The topological polar surface area (TPSA) is 18.5 Å². The molecule has 2 heteroatoms. The van der Waals surface area contributed by atoms with Gasteiger partial charge in [-0.15, -0.1) is 0 Å². The molecule has 0 aromatic rings. The molecule has 1 fully saturated rings. The lowest BCUT2D eigenvalue weighted by Gasteiger charge is -2.23. The molecule has 0 aromatic carbocycles. The molecule has 13 heavy (non-hydrogen) atoms. The summed E-state index contributed by atoms with van der Waals surface area (Å²) >= 11 is 0. The average Bonchev–Trinajstić information content (AvgIpc) is 2.15. The first-order chi connectivity index (χ1) is 6.33. The molecule has 2 nitrogen and oxygen atoms in total. The van der Waals surface area contributed by atoms with Crippen LogP contribution in [-0.2, 0) is 9.47 Å².